The molecule has 0 radical (unpaired) electrons. The van der Waals surface area contributed by atoms with Crippen LogP contribution < -0.4 is 9.47 Å². The van der Waals surface area contributed by atoms with Crippen LogP contribution in [0.3, 0.4) is 0 Å². The highest BCUT2D eigenvalue weighted by molar-refractivity contribution is 5.87. The molecule has 1 aromatic rings. The van der Waals surface area contributed by atoms with Crippen LogP contribution in [0.4, 0.5) is 0 Å². The fourth-order valence-corrected chi connectivity index (χ4v) is 3.95. The third kappa shape index (κ3) is 15.8. The summed E-state index contributed by atoms with van der Waals surface area (Å²) in [6.07, 6.45) is 23.4. The van der Waals surface area contributed by atoms with E-state index >= 15 is 0 Å². The first-order valence-electron chi connectivity index (χ1n) is 13.9. The fourth-order valence-electron chi connectivity index (χ4n) is 3.95. The van der Waals surface area contributed by atoms with Crippen molar-refractivity contribution in [3.05, 3.63) is 29.8 Å². The first kappa shape index (κ1) is 30.1. The van der Waals surface area contributed by atoms with Gasteiger partial charge in [-0.2, -0.15) is 0 Å². The lowest BCUT2D eigenvalue weighted by molar-refractivity contribution is -0.137. The smallest absolute Gasteiger partial charge is 0.330 e. The monoisotopic (exact) mass is 474 g/mol. The Balaban J connectivity index is 2.22. The third-order valence-corrected chi connectivity index (χ3v) is 6.10. The number of unbranched alkanes of at least 4 members (excludes halogenated alkanes) is 14. The molecule has 0 aromatic heterocycles. The van der Waals surface area contributed by atoms with E-state index in [0.717, 1.165) is 30.6 Å². The van der Waals surface area contributed by atoms with Gasteiger partial charge in [0.25, 0.3) is 0 Å². The van der Waals surface area contributed by atoms with Gasteiger partial charge in [-0.1, -0.05) is 110 Å². The van der Waals surface area contributed by atoms with Gasteiger partial charge in [0.1, 0.15) is 0 Å². The predicted octanol–water partition coefficient (Wildman–Crippen LogP) is 8.91. The highest BCUT2D eigenvalue weighted by Crippen LogP contribution is 2.29. The molecule has 0 saturated heterocycles. The molecule has 0 fully saturated rings. The molecule has 1 rings (SSSR count). The minimum absolute atomic E-state index is 0.295. The highest BCUT2D eigenvalue weighted by Gasteiger charge is 2.05. The second kappa shape index (κ2) is 21.6. The molecule has 0 aliphatic rings. The van der Waals surface area contributed by atoms with E-state index in [2.05, 4.69) is 13.8 Å². The van der Waals surface area contributed by atoms with Crippen molar-refractivity contribution in [3.63, 3.8) is 0 Å². The van der Waals surface area contributed by atoms with Gasteiger partial charge in [-0.25, -0.2) is 4.79 Å². The largest absolute Gasteiger partial charge is 0.493 e. The Morgan fingerprint density at radius 1 is 0.706 bits per heavy atom. The molecule has 0 saturated carbocycles. The minimum atomic E-state index is -0.295. The van der Waals surface area contributed by atoms with Crippen LogP contribution in [0.25, 0.3) is 6.08 Å². The molecule has 0 amide bonds. The Morgan fingerprint density at radius 3 is 1.79 bits per heavy atom. The lowest BCUT2D eigenvalue weighted by Crippen LogP contribution is -2.02. The summed E-state index contributed by atoms with van der Waals surface area (Å²) in [5.41, 5.74) is 0.889. The Bertz CT molecular complexity index is 653. The Hall–Kier alpha value is -1.97. The van der Waals surface area contributed by atoms with Crippen molar-refractivity contribution in [2.45, 2.75) is 117 Å². The third-order valence-electron chi connectivity index (χ3n) is 6.10. The summed E-state index contributed by atoms with van der Waals surface area (Å²) in [5, 5.41) is 0. The van der Waals surface area contributed by atoms with E-state index in [0.29, 0.717) is 19.0 Å². The molecular weight excluding hydrogens is 424 g/mol. The van der Waals surface area contributed by atoms with E-state index in [9.17, 15) is 4.79 Å². The number of carbonyl (C=O) groups excluding carboxylic acids is 1. The molecule has 0 aliphatic heterocycles. The standard InChI is InChI=1S/C30H50O4/c1-4-6-8-10-12-14-16-18-24-33-28-22-20-27(26-29(28)32-3)21-23-30(31)34-25-19-17-15-13-11-9-7-5-2/h20-23,26H,4-19,24-25H2,1-3H3. The number of benzene rings is 1. The SMILES string of the molecule is CCCCCCCCCCOC(=O)C=Cc1ccc(OCCCCCCCCCC)c(OC)c1. The van der Waals surface area contributed by atoms with E-state index in [1.54, 1.807) is 13.2 Å². The van der Waals surface area contributed by atoms with Crippen LogP contribution in [-0.2, 0) is 9.53 Å². The van der Waals surface area contributed by atoms with Gasteiger partial charge in [0, 0.05) is 6.08 Å². The fraction of sp³-hybridized carbons (Fsp3) is 0.700. The number of esters is 1. The molecule has 1 aromatic carbocycles. The zero-order valence-electron chi connectivity index (χ0n) is 22.2. The van der Waals surface area contributed by atoms with Crippen LogP contribution in [0.1, 0.15) is 122 Å². The van der Waals surface area contributed by atoms with Gasteiger partial charge in [-0.3, -0.25) is 0 Å². The lowest BCUT2D eigenvalue weighted by Gasteiger charge is -2.11. The molecule has 194 valence electrons. The second-order valence-corrected chi connectivity index (χ2v) is 9.21. The maximum atomic E-state index is 12.0. The summed E-state index contributed by atoms with van der Waals surface area (Å²) in [7, 11) is 1.64. The molecule has 0 N–H and O–H groups in total. The number of rotatable bonds is 22. The van der Waals surface area contributed by atoms with Crippen molar-refractivity contribution in [1.82, 2.24) is 0 Å². The van der Waals surface area contributed by atoms with Crippen LogP contribution in [0.2, 0.25) is 0 Å². The molecule has 0 atom stereocenters. The van der Waals surface area contributed by atoms with Gasteiger partial charge in [0.05, 0.1) is 20.3 Å². The first-order valence-corrected chi connectivity index (χ1v) is 13.9. The number of carbonyl (C=O) groups is 1. The van der Waals surface area contributed by atoms with Gasteiger partial charge in [0.15, 0.2) is 11.5 Å². The number of hydrogen-bond acceptors (Lipinski definition) is 4. The van der Waals surface area contributed by atoms with E-state index in [4.69, 9.17) is 14.2 Å². The zero-order valence-corrected chi connectivity index (χ0v) is 22.2. The lowest BCUT2D eigenvalue weighted by atomic mass is 10.1. The Morgan fingerprint density at radius 2 is 1.24 bits per heavy atom. The minimum Gasteiger partial charge on any atom is -0.493 e. The number of methoxy groups -OCH3 is 1. The molecule has 0 spiro atoms. The van der Waals surface area contributed by atoms with E-state index in [-0.39, 0.29) is 5.97 Å². The maximum Gasteiger partial charge on any atom is 0.330 e. The normalized spacial score (nSPS) is 11.1. The van der Waals surface area contributed by atoms with Gasteiger partial charge in [0.2, 0.25) is 0 Å². The van der Waals surface area contributed by atoms with Gasteiger partial charge in [-0.05, 0) is 36.6 Å². The average Bonchev–Trinajstić information content (AvgIpc) is 2.85. The summed E-state index contributed by atoms with van der Waals surface area (Å²) in [6, 6.07) is 5.74. The van der Waals surface area contributed by atoms with E-state index < -0.39 is 0 Å². The van der Waals surface area contributed by atoms with Crippen molar-refractivity contribution in [2.24, 2.45) is 0 Å². The summed E-state index contributed by atoms with van der Waals surface area (Å²) >= 11 is 0. The summed E-state index contributed by atoms with van der Waals surface area (Å²) < 4.78 is 16.7. The van der Waals surface area contributed by atoms with Crippen molar-refractivity contribution in [3.8, 4) is 11.5 Å². The maximum absolute atomic E-state index is 12.0. The van der Waals surface area contributed by atoms with Crippen LogP contribution in [0.5, 0.6) is 11.5 Å². The molecule has 0 unspecified atom stereocenters. The summed E-state index contributed by atoms with van der Waals surface area (Å²) in [6.45, 7) is 5.68. The average molecular weight is 475 g/mol. The van der Waals surface area contributed by atoms with E-state index in [1.807, 2.05) is 18.2 Å². The van der Waals surface area contributed by atoms with Crippen LogP contribution in [0.15, 0.2) is 24.3 Å². The van der Waals surface area contributed by atoms with Crippen LogP contribution in [-0.4, -0.2) is 26.3 Å². The van der Waals surface area contributed by atoms with Crippen molar-refractivity contribution >= 4 is 12.0 Å². The van der Waals surface area contributed by atoms with E-state index in [1.165, 1.54) is 89.5 Å². The quantitative estimate of drug-likeness (QED) is 0.0956. The van der Waals surface area contributed by atoms with Gasteiger partial charge in [-0.15, -0.1) is 0 Å². The molecule has 4 heteroatoms. The molecular formula is C30H50O4. The Kier molecular flexibility index (Phi) is 19.1. The molecule has 0 heterocycles. The molecule has 34 heavy (non-hydrogen) atoms. The van der Waals surface area contributed by atoms with Crippen molar-refractivity contribution in [2.75, 3.05) is 20.3 Å². The van der Waals surface area contributed by atoms with Crippen LogP contribution >= 0.6 is 0 Å². The number of hydrogen-bond donors (Lipinski definition) is 0. The summed E-state index contributed by atoms with van der Waals surface area (Å²) in [5.74, 6) is 1.14. The van der Waals surface area contributed by atoms with Crippen LogP contribution in [0, 0.1) is 0 Å². The van der Waals surface area contributed by atoms with Gasteiger partial charge >= 0.3 is 5.97 Å². The second-order valence-electron chi connectivity index (χ2n) is 9.21. The predicted molar refractivity (Wildman–Crippen MR) is 144 cm³/mol. The molecule has 0 aliphatic carbocycles. The zero-order chi connectivity index (χ0) is 24.7. The first-order chi connectivity index (χ1) is 16.7. The Labute approximate surface area is 209 Å². The van der Waals surface area contributed by atoms with Crippen molar-refractivity contribution < 1.29 is 19.0 Å². The topological polar surface area (TPSA) is 44.8 Å². The van der Waals surface area contributed by atoms with Crippen molar-refractivity contribution in [1.29, 1.82) is 0 Å². The number of ether oxygens (including phenoxy) is 3. The van der Waals surface area contributed by atoms with Gasteiger partial charge < -0.3 is 14.2 Å². The summed E-state index contributed by atoms with van der Waals surface area (Å²) in [4.78, 5) is 12.0. The molecule has 4 nitrogen and oxygen atoms in total. The highest BCUT2D eigenvalue weighted by atomic mass is 16.5. The molecule has 0 bridgehead atoms.